The number of halogens is 3. The second-order valence-corrected chi connectivity index (χ2v) is 5.75. The summed E-state index contributed by atoms with van der Waals surface area (Å²) >= 11 is 2.81. The number of nitrogens with one attached hydrogen (secondary N) is 2. The summed E-state index contributed by atoms with van der Waals surface area (Å²) in [6, 6.07) is 2.71. The molecule has 1 aromatic heterocycles. The SMILES string of the molecule is O=S(=O)(Nc1ccn[nH]1)c1c(F)cc(F)cc1Br. The van der Waals surface area contributed by atoms with Crippen LogP contribution in [0.2, 0.25) is 0 Å². The molecule has 0 bridgehead atoms. The van der Waals surface area contributed by atoms with Crippen LogP contribution in [0, 0.1) is 11.6 Å². The molecule has 0 saturated heterocycles. The first-order chi connectivity index (χ1) is 8.40. The van der Waals surface area contributed by atoms with Crippen LogP contribution in [0.1, 0.15) is 0 Å². The fourth-order valence-electron chi connectivity index (χ4n) is 1.29. The number of H-pyrrole nitrogens is 1. The molecular formula is C9H6BrF2N3O2S. The van der Waals surface area contributed by atoms with Gasteiger partial charge in [0.05, 0.1) is 6.20 Å². The largest absolute Gasteiger partial charge is 0.267 e. The number of aromatic nitrogens is 2. The van der Waals surface area contributed by atoms with Gasteiger partial charge in [0.15, 0.2) is 0 Å². The molecule has 2 N–H and O–H groups in total. The van der Waals surface area contributed by atoms with Crippen molar-refractivity contribution in [3.8, 4) is 0 Å². The van der Waals surface area contributed by atoms with Gasteiger partial charge in [-0.15, -0.1) is 0 Å². The van der Waals surface area contributed by atoms with Crippen molar-refractivity contribution in [1.82, 2.24) is 10.2 Å². The fourth-order valence-corrected chi connectivity index (χ4v) is 3.48. The molecule has 0 aliphatic rings. The topological polar surface area (TPSA) is 74.8 Å². The van der Waals surface area contributed by atoms with E-state index in [0.717, 1.165) is 6.07 Å². The third kappa shape index (κ3) is 2.51. The average molecular weight is 338 g/mol. The minimum absolute atomic E-state index is 0.0747. The summed E-state index contributed by atoms with van der Waals surface area (Å²) in [6.45, 7) is 0. The van der Waals surface area contributed by atoms with Gasteiger partial charge < -0.3 is 0 Å². The van der Waals surface area contributed by atoms with Gasteiger partial charge >= 0.3 is 0 Å². The van der Waals surface area contributed by atoms with Crippen LogP contribution in [0.4, 0.5) is 14.6 Å². The van der Waals surface area contributed by atoms with Gasteiger partial charge in [-0.25, -0.2) is 17.2 Å². The van der Waals surface area contributed by atoms with Gasteiger partial charge in [0.25, 0.3) is 10.0 Å². The summed E-state index contributed by atoms with van der Waals surface area (Å²) in [7, 11) is -4.17. The highest BCUT2D eigenvalue weighted by molar-refractivity contribution is 9.10. The number of aromatic amines is 1. The standard InChI is InChI=1S/C9H6BrF2N3O2S/c10-6-3-5(11)4-7(12)9(6)18(16,17)15-8-1-2-13-14-8/h1-4H,(H2,13,14,15). The van der Waals surface area contributed by atoms with E-state index in [4.69, 9.17) is 0 Å². The molecule has 0 saturated carbocycles. The van der Waals surface area contributed by atoms with Crippen LogP contribution >= 0.6 is 15.9 Å². The van der Waals surface area contributed by atoms with Crippen molar-refractivity contribution in [2.24, 2.45) is 0 Å². The molecule has 0 unspecified atom stereocenters. The molecule has 0 radical (unpaired) electrons. The van der Waals surface area contributed by atoms with Gasteiger partial charge in [-0.3, -0.25) is 9.82 Å². The maximum Gasteiger partial charge on any atom is 0.267 e. The molecule has 5 nitrogen and oxygen atoms in total. The van der Waals surface area contributed by atoms with Crippen molar-refractivity contribution < 1.29 is 17.2 Å². The zero-order valence-corrected chi connectivity index (χ0v) is 11.0. The minimum atomic E-state index is -4.17. The molecule has 9 heteroatoms. The Morgan fingerprint density at radius 3 is 2.61 bits per heavy atom. The van der Waals surface area contributed by atoms with Crippen molar-refractivity contribution >= 4 is 31.8 Å². The summed E-state index contributed by atoms with van der Waals surface area (Å²) in [6.07, 6.45) is 1.33. The number of benzene rings is 1. The van der Waals surface area contributed by atoms with Gasteiger partial charge in [0, 0.05) is 16.6 Å². The van der Waals surface area contributed by atoms with E-state index in [2.05, 4.69) is 30.8 Å². The Balaban J connectivity index is 2.48. The number of nitrogens with zero attached hydrogens (tertiary/aromatic N) is 1. The summed E-state index contributed by atoms with van der Waals surface area (Å²) in [5, 5.41) is 5.90. The van der Waals surface area contributed by atoms with Crippen LogP contribution in [-0.2, 0) is 10.0 Å². The fraction of sp³-hybridized carbons (Fsp3) is 0. The van der Waals surface area contributed by atoms with Crippen LogP contribution in [0.3, 0.4) is 0 Å². The van der Waals surface area contributed by atoms with E-state index >= 15 is 0 Å². The van der Waals surface area contributed by atoms with Crippen molar-refractivity contribution in [3.05, 3.63) is 40.5 Å². The van der Waals surface area contributed by atoms with Crippen LogP contribution in [0.15, 0.2) is 33.8 Å². The molecule has 0 aliphatic heterocycles. The Morgan fingerprint density at radius 2 is 2.06 bits per heavy atom. The Labute approximate surface area is 109 Å². The predicted molar refractivity (Wildman–Crippen MR) is 63.5 cm³/mol. The zero-order valence-electron chi connectivity index (χ0n) is 8.62. The molecule has 0 spiro atoms. The molecule has 0 aliphatic carbocycles. The van der Waals surface area contributed by atoms with Crippen molar-refractivity contribution in [1.29, 1.82) is 0 Å². The van der Waals surface area contributed by atoms with E-state index in [0.29, 0.717) is 6.07 Å². The number of anilines is 1. The highest BCUT2D eigenvalue weighted by Gasteiger charge is 2.24. The maximum absolute atomic E-state index is 13.5. The Bertz CT molecular complexity index is 650. The van der Waals surface area contributed by atoms with E-state index in [1.165, 1.54) is 12.3 Å². The quantitative estimate of drug-likeness (QED) is 0.901. The highest BCUT2D eigenvalue weighted by Crippen LogP contribution is 2.27. The lowest BCUT2D eigenvalue weighted by Gasteiger charge is -2.08. The molecule has 18 heavy (non-hydrogen) atoms. The molecule has 0 fully saturated rings. The van der Waals surface area contributed by atoms with Gasteiger partial charge in [0.1, 0.15) is 22.3 Å². The average Bonchev–Trinajstić information content (AvgIpc) is 2.66. The smallest absolute Gasteiger partial charge is 0.264 e. The maximum atomic E-state index is 13.5. The van der Waals surface area contributed by atoms with Crippen molar-refractivity contribution in [3.63, 3.8) is 0 Å². The van der Waals surface area contributed by atoms with Crippen LogP contribution in [0.25, 0.3) is 0 Å². The molecule has 2 aromatic rings. The Hall–Kier alpha value is -1.48. The van der Waals surface area contributed by atoms with Gasteiger partial charge in [-0.05, 0) is 22.0 Å². The van der Waals surface area contributed by atoms with E-state index < -0.39 is 26.6 Å². The van der Waals surface area contributed by atoms with Gasteiger partial charge in [-0.1, -0.05) is 0 Å². The van der Waals surface area contributed by atoms with Gasteiger partial charge in [-0.2, -0.15) is 5.10 Å². The van der Waals surface area contributed by atoms with Crippen LogP contribution in [-0.4, -0.2) is 18.6 Å². The normalized spacial score (nSPS) is 11.5. The van der Waals surface area contributed by atoms with E-state index in [1.807, 2.05) is 0 Å². The second kappa shape index (κ2) is 4.65. The minimum Gasteiger partial charge on any atom is -0.264 e. The lowest BCUT2D eigenvalue weighted by atomic mass is 10.3. The lowest BCUT2D eigenvalue weighted by Crippen LogP contribution is -2.15. The molecule has 0 atom stereocenters. The first-order valence-electron chi connectivity index (χ1n) is 4.57. The zero-order chi connectivity index (χ0) is 13.3. The summed E-state index contributed by atoms with van der Waals surface area (Å²) < 4.78 is 52.1. The van der Waals surface area contributed by atoms with E-state index in [-0.39, 0.29) is 10.3 Å². The summed E-state index contributed by atoms with van der Waals surface area (Å²) in [4.78, 5) is -0.668. The summed E-state index contributed by atoms with van der Waals surface area (Å²) in [5.41, 5.74) is 0. The first-order valence-corrected chi connectivity index (χ1v) is 6.84. The van der Waals surface area contributed by atoms with E-state index in [1.54, 1.807) is 0 Å². The molecule has 2 rings (SSSR count). The molecule has 96 valence electrons. The monoisotopic (exact) mass is 337 g/mol. The summed E-state index contributed by atoms with van der Waals surface area (Å²) in [5.74, 6) is -1.99. The number of hydrogen-bond acceptors (Lipinski definition) is 3. The number of hydrogen-bond donors (Lipinski definition) is 2. The molecule has 1 heterocycles. The van der Waals surface area contributed by atoms with Crippen molar-refractivity contribution in [2.45, 2.75) is 4.90 Å². The lowest BCUT2D eigenvalue weighted by molar-refractivity contribution is 0.548. The Kier molecular flexibility index (Phi) is 3.35. The molecule has 1 aromatic carbocycles. The second-order valence-electron chi connectivity index (χ2n) is 3.27. The third-order valence-corrected chi connectivity index (χ3v) is 4.31. The van der Waals surface area contributed by atoms with Crippen LogP contribution in [0.5, 0.6) is 0 Å². The molecule has 0 amide bonds. The van der Waals surface area contributed by atoms with Gasteiger partial charge in [0.2, 0.25) is 0 Å². The van der Waals surface area contributed by atoms with Crippen molar-refractivity contribution in [2.75, 3.05) is 4.72 Å². The number of sulfonamides is 1. The molecular weight excluding hydrogens is 332 g/mol. The van der Waals surface area contributed by atoms with E-state index in [9.17, 15) is 17.2 Å². The first kappa shape index (κ1) is 13.0. The third-order valence-electron chi connectivity index (χ3n) is 1.98. The number of rotatable bonds is 3. The Morgan fingerprint density at radius 1 is 1.33 bits per heavy atom. The van der Waals surface area contributed by atoms with Crippen LogP contribution < -0.4 is 4.72 Å². The predicted octanol–water partition coefficient (Wildman–Crippen LogP) is 2.25. The highest BCUT2D eigenvalue weighted by atomic mass is 79.9.